The van der Waals surface area contributed by atoms with Gasteiger partial charge in [0.1, 0.15) is 5.75 Å². The van der Waals surface area contributed by atoms with Crippen molar-refractivity contribution in [3.63, 3.8) is 0 Å². The number of fused-ring (bicyclic) bond motifs is 1. The fourth-order valence-corrected chi connectivity index (χ4v) is 4.99. The van der Waals surface area contributed by atoms with Crippen LogP contribution in [0.15, 0.2) is 47.2 Å². The lowest BCUT2D eigenvalue weighted by molar-refractivity contribution is -0.116. The van der Waals surface area contributed by atoms with E-state index in [1.807, 2.05) is 30.3 Å². The molecule has 3 heterocycles. The smallest absolute Gasteiger partial charge is 0.225 e. The fourth-order valence-electron chi connectivity index (χ4n) is 2.93. The maximum absolute atomic E-state index is 12.2. The third kappa shape index (κ3) is 2.56. The van der Waals surface area contributed by atoms with E-state index in [0.717, 1.165) is 22.6 Å². The minimum atomic E-state index is 0.0871. The summed E-state index contributed by atoms with van der Waals surface area (Å²) in [4.78, 5) is 14.7. The van der Waals surface area contributed by atoms with Crippen LogP contribution in [0.3, 0.4) is 0 Å². The molecule has 0 radical (unpaired) electrons. The number of hydrogen-bond acceptors (Lipinski definition) is 4. The molecule has 3 aromatic rings. The standard InChI is InChI=1S/C18H15NO2S2/c1-21-12-6-4-11(5-7-12)14-10-23-18-13(15-3-2-8-22-15)9-16(20)19-17(14)18/h2-8,10,13H,9H2,1H3,(H,19,20)/t13-/m1/s1. The summed E-state index contributed by atoms with van der Waals surface area (Å²) in [6.45, 7) is 0. The van der Waals surface area contributed by atoms with Crippen molar-refractivity contribution in [3.8, 4) is 16.9 Å². The van der Waals surface area contributed by atoms with Gasteiger partial charge in [0.25, 0.3) is 0 Å². The van der Waals surface area contributed by atoms with E-state index < -0.39 is 0 Å². The van der Waals surface area contributed by atoms with E-state index in [-0.39, 0.29) is 11.8 Å². The maximum atomic E-state index is 12.2. The van der Waals surface area contributed by atoms with E-state index in [9.17, 15) is 4.79 Å². The number of nitrogens with one attached hydrogen (secondary N) is 1. The van der Waals surface area contributed by atoms with Crippen molar-refractivity contribution in [3.05, 3.63) is 56.9 Å². The number of carbonyl (C=O) groups excluding carboxylic acids is 1. The van der Waals surface area contributed by atoms with E-state index in [4.69, 9.17) is 4.74 Å². The quantitative estimate of drug-likeness (QED) is 0.731. The molecule has 4 rings (SSSR count). The van der Waals surface area contributed by atoms with Gasteiger partial charge in [-0.15, -0.1) is 22.7 Å². The third-order valence-electron chi connectivity index (χ3n) is 4.08. The highest BCUT2D eigenvalue weighted by atomic mass is 32.1. The largest absolute Gasteiger partial charge is 0.497 e. The highest BCUT2D eigenvalue weighted by Gasteiger charge is 2.30. The Bertz CT molecular complexity index is 835. The molecule has 23 heavy (non-hydrogen) atoms. The second-order valence-electron chi connectivity index (χ2n) is 5.44. The molecule has 0 saturated heterocycles. The van der Waals surface area contributed by atoms with Gasteiger partial charge < -0.3 is 10.1 Å². The Kier molecular flexibility index (Phi) is 3.67. The highest BCUT2D eigenvalue weighted by Crippen LogP contribution is 2.47. The van der Waals surface area contributed by atoms with E-state index in [0.29, 0.717) is 6.42 Å². The Morgan fingerprint density at radius 3 is 2.70 bits per heavy atom. The molecule has 1 amide bonds. The molecule has 1 atom stereocenters. The zero-order valence-electron chi connectivity index (χ0n) is 12.5. The van der Waals surface area contributed by atoms with Crippen LogP contribution in [0.2, 0.25) is 0 Å². The molecule has 0 aliphatic carbocycles. The lowest BCUT2D eigenvalue weighted by Gasteiger charge is -2.22. The predicted molar refractivity (Wildman–Crippen MR) is 95.7 cm³/mol. The van der Waals surface area contributed by atoms with Crippen LogP contribution in [0, 0.1) is 0 Å². The molecule has 1 aromatic carbocycles. The summed E-state index contributed by atoms with van der Waals surface area (Å²) in [5, 5.41) is 7.28. The van der Waals surface area contributed by atoms with Crippen LogP contribution >= 0.6 is 22.7 Å². The molecule has 0 fully saturated rings. The van der Waals surface area contributed by atoms with Gasteiger partial charge in [-0.25, -0.2) is 0 Å². The molecule has 1 aliphatic rings. The molecule has 0 spiro atoms. The number of rotatable bonds is 3. The molecular weight excluding hydrogens is 326 g/mol. The highest BCUT2D eigenvalue weighted by molar-refractivity contribution is 7.12. The number of methoxy groups -OCH3 is 1. The fraction of sp³-hybridized carbons (Fsp3) is 0.167. The minimum absolute atomic E-state index is 0.0871. The lowest BCUT2D eigenvalue weighted by atomic mass is 9.94. The maximum Gasteiger partial charge on any atom is 0.225 e. The van der Waals surface area contributed by atoms with Crippen molar-refractivity contribution < 1.29 is 9.53 Å². The van der Waals surface area contributed by atoms with Gasteiger partial charge in [-0.3, -0.25) is 4.79 Å². The third-order valence-corrected chi connectivity index (χ3v) is 6.16. The first-order chi connectivity index (χ1) is 11.3. The van der Waals surface area contributed by atoms with Crippen molar-refractivity contribution in [2.75, 3.05) is 12.4 Å². The Balaban J connectivity index is 1.78. The second-order valence-corrected chi connectivity index (χ2v) is 7.33. The summed E-state index contributed by atoms with van der Waals surface area (Å²) in [5.41, 5.74) is 3.15. The molecule has 0 bridgehead atoms. The van der Waals surface area contributed by atoms with Crippen molar-refractivity contribution in [1.29, 1.82) is 0 Å². The molecule has 0 unspecified atom stereocenters. The molecule has 0 saturated carbocycles. The molecule has 1 aliphatic heterocycles. The van der Waals surface area contributed by atoms with Gasteiger partial charge in [-0.1, -0.05) is 18.2 Å². The van der Waals surface area contributed by atoms with E-state index in [2.05, 4.69) is 22.1 Å². The number of thiophene rings is 2. The molecular formula is C18H15NO2S2. The van der Waals surface area contributed by atoms with Crippen LogP contribution < -0.4 is 10.1 Å². The van der Waals surface area contributed by atoms with Crippen molar-refractivity contribution in [2.45, 2.75) is 12.3 Å². The zero-order valence-corrected chi connectivity index (χ0v) is 14.2. The average Bonchev–Trinajstić information content (AvgIpc) is 3.24. The van der Waals surface area contributed by atoms with Crippen LogP contribution in [0.25, 0.3) is 11.1 Å². The van der Waals surface area contributed by atoms with Gasteiger partial charge in [0, 0.05) is 33.0 Å². The Labute approximate surface area is 142 Å². The van der Waals surface area contributed by atoms with Gasteiger partial charge in [0.05, 0.1) is 12.8 Å². The average molecular weight is 341 g/mol. The molecule has 1 N–H and O–H groups in total. The van der Waals surface area contributed by atoms with Crippen LogP contribution in [-0.4, -0.2) is 13.0 Å². The summed E-state index contributed by atoms with van der Waals surface area (Å²) >= 11 is 3.44. The second kappa shape index (κ2) is 5.83. The van der Waals surface area contributed by atoms with Crippen molar-refractivity contribution >= 4 is 34.3 Å². The van der Waals surface area contributed by atoms with Crippen molar-refractivity contribution in [1.82, 2.24) is 0 Å². The Hall–Kier alpha value is -2.11. The van der Waals surface area contributed by atoms with E-state index in [1.165, 1.54) is 9.75 Å². The number of anilines is 1. The first-order valence-electron chi connectivity index (χ1n) is 7.35. The summed E-state index contributed by atoms with van der Waals surface area (Å²) in [7, 11) is 1.66. The molecule has 5 heteroatoms. The van der Waals surface area contributed by atoms with Gasteiger partial charge >= 0.3 is 0 Å². The number of amides is 1. The SMILES string of the molecule is COc1ccc(-c2csc3c2NC(=O)C[C@@H]3c2cccs2)cc1. The monoisotopic (exact) mass is 341 g/mol. The Morgan fingerprint density at radius 1 is 1.17 bits per heavy atom. The number of benzene rings is 1. The summed E-state index contributed by atoms with van der Waals surface area (Å²) in [6, 6.07) is 12.1. The normalized spacial score (nSPS) is 16.7. The summed E-state index contributed by atoms with van der Waals surface area (Å²) < 4.78 is 5.22. The molecule has 2 aromatic heterocycles. The Morgan fingerprint density at radius 2 is 2.00 bits per heavy atom. The van der Waals surface area contributed by atoms with Gasteiger partial charge in [-0.2, -0.15) is 0 Å². The summed E-state index contributed by atoms with van der Waals surface area (Å²) in [6.07, 6.45) is 0.524. The number of hydrogen-bond donors (Lipinski definition) is 1. The first kappa shape index (κ1) is 14.5. The van der Waals surface area contributed by atoms with E-state index in [1.54, 1.807) is 29.8 Å². The topological polar surface area (TPSA) is 38.3 Å². The number of carbonyl (C=O) groups is 1. The summed E-state index contributed by atoms with van der Waals surface area (Å²) in [5.74, 6) is 1.10. The van der Waals surface area contributed by atoms with Crippen LogP contribution in [-0.2, 0) is 4.79 Å². The van der Waals surface area contributed by atoms with Gasteiger partial charge in [0.2, 0.25) is 5.91 Å². The minimum Gasteiger partial charge on any atom is -0.497 e. The molecule has 116 valence electrons. The number of ether oxygens (including phenoxy) is 1. The zero-order chi connectivity index (χ0) is 15.8. The van der Waals surface area contributed by atoms with Crippen LogP contribution in [0.1, 0.15) is 22.1 Å². The first-order valence-corrected chi connectivity index (χ1v) is 9.11. The van der Waals surface area contributed by atoms with Crippen molar-refractivity contribution in [2.24, 2.45) is 0 Å². The predicted octanol–water partition coefficient (Wildman–Crippen LogP) is 4.96. The lowest BCUT2D eigenvalue weighted by Crippen LogP contribution is -2.21. The van der Waals surface area contributed by atoms with Gasteiger partial charge in [0.15, 0.2) is 0 Å². The van der Waals surface area contributed by atoms with Crippen LogP contribution in [0.4, 0.5) is 5.69 Å². The van der Waals surface area contributed by atoms with Crippen LogP contribution in [0.5, 0.6) is 5.75 Å². The van der Waals surface area contributed by atoms with Gasteiger partial charge in [-0.05, 0) is 29.1 Å². The van der Waals surface area contributed by atoms with E-state index >= 15 is 0 Å². The molecule has 3 nitrogen and oxygen atoms in total.